The largest absolute Gasteiger partial charge is 0.497 e. The second-order valence-electron chi connectivity index (χ2n) is 5.44. The topological polar surface area (TPSA) is 46.6 Å². The Kier molecular flexibility index (Phi) is 4.39. The third-order valence-corrected chi connectivity index (χ3v) is 5.89. The zero-order valence-corrected chi connectivity index (χ0v) is 13.5. The number of nitrogens with zero attached hydrogens (tertiary/aromatic N) is 1. The third-order valence-electron chi connectivity index (χ3n) is 3.63. The number of ether oxygens (including phenoxy) is 1. The van der Waals surface area contributed by atoms with Crippen molar-refractivity contribution in [3.8, 4) is 5.75 Å². The second-order valence-corrected chi connectivity index (χ2v) is 7.26. The van der Waals surface area contributed by atoms with Gasteiger partial charge in [-0.3, -0.25) is 0 Å². The van der Waals surface area contributed by atoms with Gasteiger partial charge in [-0.15, -0.1) is 0 Å². The predicted octanol–water partition coefficient (Wildman–Crippen LogP) is 2.88. The molecule has 0 amide bonds. The molecular formula is C15H23NO3S. The molecular weight excluding hydrogens is 274 g/mol. The number of sulfonamides is 1. The maximum absolute atomic E-state index is 12.9. The van der Waals surface area contributed by atoms with Crippen molar-refractivity contribution in [2.45, 2.75) is 51.0 Å². The van der Waals surface area contributed by atoms with Crippen molar-refractivity contribution in [3.05, 3.63) is 23.3 Å². The van der Waals surface area contributed by atoms with E-state index in [0.29, 0.717) is 17.2 Å². The SMILES string of the molecule is CCCN(C1CC1)S(=O)(=O)c1c(C)cc(OC)cc1C. The fourth-order valence-electron chi connectivity index (χ4n) is 2.63. The maximum Gasteiger partial charge on any atom is 0.243 e. The molecule has 0 bridgehead atoms. The van der Waals surface area contributed by atoms with Gasteiger partial charge in [0.05, 0.1) is 12.0 Å². The molecule has 2 rings (SSSR count). The van der Waals surface area contributed by atoms with Gasteiger partial charge in [0.1, 0.15) is 5.75 Å². The molecule has 1 aromatic carbocycles. The van der Waals surface area contributed by atoms with E-state index in [1.807, 2.05) is 20.8 Å². The highest BCUT2D eigenvalue weighted by Gasteiger charge is 2.38. The molecule has 0 spiro atoms. The van der Waals surface area contributed by atoms with Crippen LogP contribution in [0, 0.1) is 13.8 Å². The van der Waals surface area contributed by atoms with Crippen LogP contribution < -0.4 is 4.74 Å². The van der Waals surface area contributed by atoms with E-state index in [9.17, 15) is 8.42 Å². The van der Waals surface area contributed by atoms with E-state index < -0.39 is 10.0 Å². The van der Waals surface area contributed by atoms with E-state index in [1.54, 1.807) is 23.5 Å². The van der Waals surface area contributed by atoms with Gasteiger partial charge in [-0.05, 0) is 56.4 Å². The Balaban J connectivity index is 2.48. The first-order valence-electron chi connectivity index (χ1n) is 7.09. The highest BCUT2D eigenvalue weighted by Crippen LogP contribution is 2.35. The van der Waals surface area contributed by atoms with Crippen molar-refractivity contribution >= 4 is 10.0 Å². The summed E-state index contributed by atoms with van der Waals surface area (Å²) in [5.41, 5.74) is 1.51. The van der Waals surface area contributed by atoms with E-state index >= 15 is 0 Å². The summed E-state index contributed by atoms with van der Waals surface area (Å²) in [6.07, 6.45) is 2.80. The Morgan fingerprint density at radius 2 is 1.80 bits per heavy atom. The summed E-state index contributed by atoms with van der Waals surface area (Å²) in [6.45, 7) is 6.27. The summed E-state index contributed by atoms with van der Waals surface area (Å²) in [5, 5.41) is 0. The van der Waals surface area contributed by atoms with E-state index in [0.717, 1.165) is 30.4 Å². The summed E-state index contributed by atoms with van der Waals surface area (Å²) in [4.78, 5) is 0.443. The van der Waals surface area contributed by atoms with Gasteiger partial charge in [-0.25, -0.2) is 8.42 Å². The van der Waals surface area contributed by atoms with Gasteiger partial charge in [0.15, 0.2) is 0 Å². The van der Waals surface area contributed by atoms with Crippen LogP contribution in [-0.4, -0.2) is 32.4 Å². The smallest absolute Gasteiger partial charge is 0.243 e. The molecule has 1 saturated carbocycles. The minimum absolute atomic E-state index is 0.195. The Morgan fingerprint density at radius 1 is 1.25 bits per heavy atom. The van der Waals surface area contributed by atoms with Gasteiger partial charge in [0.2, 0.25) is 10.0 Å². The third kappa shape index (κ3) is 2.83. The Hall–Kier alpha value is -1.07. The minimum atomic E-state index is -3.41. The number of hydrogen-bond donors (Lipinski definition) is 0. The van der Waals surface area contributed by atoms with Crippen LogP contribution in [0.4, 0.5) is 0 Å². The number of methoxy groups -OCH3 is 1. The molecule has 112 valence electrons. The summed E-state index contributed by atoms with van der Waals surface area (Å²) in [5.74, 6) is 0.701. The standard InChI is InChI=1S/C15H23NO3S/c1-5-8-16(13-6-7-13)20(17,18)15-11(2)9-14(19-4)10-12(15)3/h9-10,13H,5-8H2,1-4H3. The van der Waals surface area contributed by atoms with Crippen LogP contribution in [0.3, 0.4) is 0 Å². The summed E-state index contributed by atoms with van der Waals surface area (Å²) in [6, 6.07) is 3.77. The van der Waals surface area contributed by atoms with Crippen LogP contribution in [0.1, 0.15) is 37.3 Å². The molecule has 1 aliphatic rings. The lowest BCUT2D eigenvalue weighted by Gasteiger charge is -2.23. The molecule has 0 N–H and O–H groups in total. The highest BCUT2D eigenvalue weighted by molar-refractivity contribution is 7.89. The van der Waals surface area contributed by atoms with E-state index in [-0.39, 0.29) is 6.04 Å². The number of hydrogen-bond acceptors (Lipinski definition) is 3. The number of aryl methyl sites for hydroxylation is 2. The predicted molar refractivity (Wildman–Crippen MR) is 79.7 cm³/mol. The molecule has 0 unspecified atom stereocenters. The Morgan fingerprint density at radius 3 is 2.20 bits per heavy atom. The monoisotopic (exact) mass is 297 g/mol. The van der Waals surface area contributed by atoms with Gasteiger partial charge >= 0.3 is 0 Å². The van der Waals surface area contributed by atoms with Crippen LogP contribution >= 0.6 is 0 Å². The molecule has 0 atom stereocenters. The summed E-state index contributed by atoms with van der Waals surface area (Å²) < 4.78 is 32.7. The number of benzene rings is 1. The molecule has 0 aromatic heterocycles. The van der Waals surface area contributed by atoms with Gasteiger partial charge < -0.3 is 4.74 Å². The zero-order chi connectivity index (χ0) is 14.9. The Labute approximate surface area is 121 Å². The molecule has 20 heavy (non-hydrogen) atoms. The van der Waals surface area contributed by atoms with E-state index in [1.165, 1.54) is 0 Å². The molecule has 4 nitrogen and oxygen atoms in total. The lowest BCUT2D eigenvalue weighted by Crippen LogP contribution is -2.34. The van der Waals surface area contributed by atoms with Crippen molar-refractivity contribution in [1.29, 1.82) is 0 Å². The number of rotatable bonds is 6. The van der Waals surface area contributed by atoms with Crippen LogP contribution in [0.25, 0.3) is 0 Å². The fourth-order valence-corrected chi connectivity index (χ4v) is 4.83. The lowest BCUT2D eigenvalue weighted by atomic mass is 10.1. The van der Waals surface area contributed by atoms with Crippen molar-refractivity contribution < 1.29 is 13.2 Å². The molecule has 0 radical (unpaired) electrons. The molecule has 1 fully saturated rings. The molecule has 5 heteroatoms. The van der Waals surface area contributed by atoms with Crippen molar-refractivity contribution in [2.75, 3.05) is 13.7 Å². The fraction of sp³-hybridized carbons (Fsp3) is 0.600. The minimum Gasteiger partial charge on any atom is -0.497 e. The van der Waals surface area contributed by atoms with Crippen LogP contribution in [-0.2, 0) is 10.0 Å². The first kappa shape index (κ1) is 15.3. The van der Waals surface area contributed by atoms with Crippen LogP contribution in [0.15, 0.2) is 17.0 Å². The average Bonchev–Trinajstić information content (AvgIpc) is 3.18. The van der Waals surface area contributed by atoms with E-state index in [2.05, 4.69) is 0 Å². The van der Waals surface area contributed by atoms with E-state index in [4.69, 9.17) is 4.74 Å². The van der Waals surface area contributed by atoms with Crippen molar-refractivity contribution in [1.82, 2.24) is 4.31 Å². The molecule has 0 aliphatic heterocycles. The van der Waals surface area contributed by atoms with Gasteiger partial charge in [0, 0.05) is 12.6 Å². The maximum atomic E-state index is 12.9. The highest BCUT2D eigenvalue weighted by atomic mass is 32.2. The summed E-state index contributed by atoms with van der Waals surface area (Å²) in [7, 11) is -1.82. The van der Waals surface area contributed by atoms with Crippen LogP contribution in [0.2, 0.25) is 0 Å². The lowest BCUT2D eigenvalue weighted by molar-refractivity contribution is 0.401. The normalized spacial score (nSPS) is 15.7. The Bertz CT molecular complexity index is 568. The zero-order valence-electron chi connectivity index (χ0n) is 12.6. The average molecular weight is 297 g/mol. The first-order chi connectivity index (χ1) is 9.41. The van der Waals surface area contributed by atoms with Crippen molar-refractivity contribution in [2.24, 2.45) is 0 Å². The second kappa shape index (κ2) is 5.74. The van der Waals surface area contributed by atoms with Gasteiger partial charge in [-0.1, -0.05) is 6.92 Å². The molecule has 1 aliphatic carbocycles. The summed E-state index contributed by atoms with van der Waals surface area (Å²) >= 11 is 0. The first-order valence-corrected chi connectivity index (χ1v) is 8.53. The van der Waals surface area contributed by atoms with Crippen LogP contribution in [0.5, 0.6) is 5.75 Å². The van der Waals surface area contributed by atoms with Gasteiger partial charge in [0.25, 0.3) is 0 Å². The van der Waals surface area contributed by atoms with Gasteiger partial charge in [-0.2, -0.15) is 4.31 Å². The molecule has 0 heterocycles. The molecule has 0 saturated heterocycles. The van der Waals surface area contributed by atoms with Crippen molar-refractivity contribution in [3.63, 3.8) is 0 Å². The molecule has 1 aromatic rings. The quantitative estimate of drug-likeness (QED) is 0.811.